The summed E-state index contributed by atoms with van der Waals surface area (Å²) in [4.78, 5) is 11.2. The number of rotatable bonds is 7. The minimum absolute atomic E-state index is 0.00220. The molecule has 0 aliphatic carbocycles. The lowest BCUT2D eigenvalue weighted by Gasteiger charge is -2.19. The van der Waals surface area contributed by atoms with Gasteiger partial charge in [0.2, 0.25) is 5.91 Å². The zero-order chi connectivity index (χ0) is 11.0. The Kier molecular flexibility index (Phi) is 7.42. The van der Waals surface area contributed by atoms with Crippen molar-refractivity contribution in [1.82, 2.24) is 10.6 Å². The third kappa shape index (κ3) is 5.94. The first-order valence-corrected chi connectivity index (χ1v) is 5.22. The van der Waals surface area contributed by atoms with Crippen molar-refractivity contribution in [1.29, 1.82) is 0 Å². The SMILES string of the molecule is CCCNC(=O)CN[C@H](CO)C(C)C. The van der Waals surface area contributed by atoms with Crippen molar-refractivity contribution < 1.29 is 9.90 Å². The van der Waals surface area contributed by atoms with Gasteiger partial charge in [-0.1, -0.05) is 20.8 Å². The van der Waals surface area contributed by atoms with E-state index < -0.39 is 0 Å². The second-order valence-electron chi connectivity index (χ2n) is 3.76. The summed E-state index contributed by atoms with van der Waals surface area (Å²) in [6.45, 7) is 7.10. The minimum atomic E-state index is -0.00838. The van der Waals surface area contributed by atoms with Crippen LogP contribution in [0.4, 0.5) is 0 Å². The summed E-state index contributed by atoms with van der Waals surface area (Å²) in [5, 5.41) is 14.8. The van der Waals surface area contributed by atoms with Crippen molar-refractivity contribution in [3.63, 3.8) is 0 Å². The summed E-state index contributed by atoms with van der Waals surface area (Å²) in [6.07, 6.45) is 0.944. The first-order valence-electron chi connectivity index (χ1n) is 5.22. The molecule has 0 radical (unpaired) electrons. The van der Waals surface area contributed by atoms with Crippen LogP contribution in [0.2, 0.25) is 0 Å². The van der Waals surface area contributed by atoms with Crippen LogP contribution in [0.15, 0.2) is 0 Å². The lowest BCUT2D eigenvalue weighted by atomic mass is 10.1. The van der Waals surface area contributed by atoms with E-state index in [0.29, 0.717) is 12.5 Å². The van der Waals surface area contributed by atoms with Crippen LogP contribution in [-0.2, 0) is 4.79 Å². The third-order valence-electron chi connectivity index (χ3n) is 2.10. The number of aliphatic hydroxyl groups excluding tert-OH is 1. The van der Waals surface area contributed by atoms with Crippen molar-refractivity contribution in [2.24, 2.45) is 5.92 Å². The molecule has 0 bridgehead atoms. The molecule has 0 saturated carbocycles. The van der Waals surface area contributed by atoms with E-state index in [1.54, 1.807) is 0 Å². The standard InChI is InChI=1S/C10H22N2O2/c1-4-5-11-10(14)6-12-9(7-13)8(2)3/h8-9,12-13H,4-7H2,1-3H3,(H,11,14)/t9-/m1/s1. The Morgan fingerprint density at radius 3 is 2.50 bits per heavy atom. The average Bonchev–Trinajstić information content (AvgIpc) is 2.15. The quantitative estimate of drug-likeness (QED) is 0.549. The highest BCUT2D eigenvalue weighted by Gasteiger charge is 2.12. The van der Waals surface area contributed by atoms with Gasteiger partial charge in [0.05, 0.1) is 13.2 Å². The molecular weight excluding hydrogens is 180 g/mol. The van der Waals surface area contributed by atoms with Gasteiger partial charge < -0.3 is 15.7 Å². The van der Waals surface area contributed by atoms with Crippen molar-refractivity contribution in [3.05, 3.63) is 0 Å². The summed E-state index contributed by atoms with van der Waals surface area (Å²) in [5.41, 5.74) is 0. The van der Waals surface area contributed by atoms with Crippen LogP contribution in [0.3, 0.4) is 0 Å². The molecule has 3 N–H and O–H groups in total. The highest BCUT2D eigenvalue weighted by molar-refractivity contribution is 5.77. The van der Waals surface area contributed by atoms with Crippen molar-refractivity contribution in [3.8, 4) is 0 Å². The van der Waals surface area contributed by atoms with Gasteiger partial charge in [0, 0.05) is 12.6 Å². The molecule has 0 aliphatic rings. The fraction of sp³-hybridized carbons (Fsp3) is 0.900. The summed E-state index contributed by atoms with van der Waals surface area (Å²) < 4.78 is 0. The molecule has 0 aliphatic heterocycles. The van der Waals surface area contributed by atoms with Gasteiger partial charge in [-0.05, 0) is 12.3 Å². The molecular formula is C10H22N2O2. The number of nitrogens with one attached hydrogen (secondary N) is 2. The summed E-state index contributed by atoms with van der Waals surface area (Å²) in [5.74, 6) is 0.324. The predicted octanol–water partition coefficient (Wildman–Crippen LogP) is 0.119. The molecule has 0 aromatic heterocycles. The first-order chi connectivity index (χ1) is 6.61. The van der Waals surface area contributed by atoms with Crippen molar-refractivity contribution >= 4 is 5.91 Å². The number of hydrogen-bond acceptors (Lipinski definition) is 3. The number of carbonyl (C=O) groups excluding carboxylic acids is 1. The van der Waals surface area contributed by atoms with Crippen LogP contribution < -0.4 is 10.6 Å². The van der Waals surface area contributed by atoms with E-state index in [-0.39, 0.29) is 25.1 Å². The topological polar surface area (TPSA) is 61.4 Å². The lowest BCUT2D eigenvalue weighted by molar-refractivity contribution is -0.120. The van der Waals surface area contributed by atoms with E-state index in [2.05, 4.69) is 10.6 Å². The van der Waals surface area contributed by atoms with Crippen LogP contribution in [0.1, 0.15) is 27.2 Å². The third-order valence-corrected chi connectivity index (χ3v) is 2.10. The van der Waals surface area contributed by atoms with Gasteiger partial charge in [-0.2, -0.15) is 0 Å². The molecule has 84 valence electrons. The number of carbonyl (C=O) groups is 1. The van der Waals surface area contributed by atoms with Gasteiger partial charge in [-0.3, -0.25) is 4.79 Å². The Bertz CT molecular complexity index is 160. The number of amides is 1. The Hall–Kier alpha value is -0.610. The fourth-order valence-corrected chi connectivity index (χ4v) is 1.06. The number of aliphatic hydroxyl groups is 1. The Morgan fingerprint density at radius 2 is 2.07 bits per heavy atom. The maximum absolute atomic E-state index is 11.2. The zero-order valence-electron chi connectivity index (χ0n) is 9.34. The predicted molar refractivity (Wildman–Crippen MR) is 57.0 cm³/mol. The molecule has 4 nitrogen and oxygen atoms in total. The van der Waals surface area contributed by atoms with E-state index in [1.165, 1.54) is 0 Å². The van der Waals surface area contributed by atoms with Crippen LogP contribution in [0.5, 0.6) is 0 Å². The molecule has 0 spiro atoms. The molecule has 0 aromatic carbocycles. The van der Waals surface area contributed by atoms with Gasteiger partial charge in [0.15, 0.2) is 0 Å². The normalized spacial score (nSPS) is 12.9. The molecule has 1 amide bonds. The second-order valence-corrected chi connectivity index (χ2v) is 3.76. The Labute approximate surface area is 86.1 Å². The maximum atomic E-state index is 11.2. The van der Waals surface area contributed by atoms with E-state index in [9.17, 15) is 4.79 Å². The van der Waals surface area contributed by atoms with Gasteiger partial charge in [-0.25, -0.2) is 0 Å². The van der Waals surface area contributed by atoms with E-state index in [0.717, 1.165) is 6.42 Å². The average molecular weight is 202 g/mol. The van der Waals surface area contributed by atoms with Crippen LogP contribution in [0, 0.1) is 5.92 Å². The number of hydrogen-bond donors (Lipinski definition) is 3. The summed E-state index contributed by atoms with van der Waals surface area (Å²) >= 11 is 0. The Morgan fingerprint density at radius 1 is 1.43 bits per heavy atom. The van der Waals surface area contributed by atoms with Gasteiger partial charge in [-0.15, -0.1) is 0 Å². The lowest BCUT2D eigenvalue weighted by Crippen LogP contribution is -2.43. The van der Waals surface area contributed by atoms with E-state index in [4.69, 9.17) is 5.11 Å². The molecule has 0 fully saturated rings. The molecule has 0 saturated heterocycles. The zero-order valence-corrected chi connectivity index (χ0v) is 9.34. The molecule has 0 aromatic rings. The highest BCUT2D eigenvalue weighted by atomic mass is 16.3. The van der Waals surface area contributed by atoms with Crippen LogP contribution >= 0.6 is 0 Å². The first kappa shape index (κ1) is 13.4. The molecule has 0 heterocycles. The van der Waals surface area contributed by atoms with Crippen molar-refractivity contribution in [2.75, 3.05) is 19.7 Å². The highest BCUT2D eigenvalue weighted by Crippen LogP contribution is 1.99. The Balaban J connectivity index is 3.63. The van der Waals surface area contributed by atoms with Gasteiger partial charge >= 0.3 is 0 Å². The molecule has 1 atom stereocenters. The largest absolute Gasteiger partial charge is 0.395 e. The molecule has 4 heteroatoms. The summed E-state index contributed by atoms with van der Waals surface area (Å²) in [6, 6.07) is 0.00220. The molecule has 14 heavy (non-hydrogen) atoms. The van der Waals surface area contributed by atoms with Gasteiger partial charge in [0.1, 0.15) is 0 Å². The molecule has 0 rings (SSSR count). The molecule has 0 unspecified atom stereocenters. The minimum Gasteiger partial charge on any atom is -0.395 e. The second kappa shape index (κ2) is 7.76. The van der Waals surface area contributed by atoms with Crippen LogP contribution in [0.25, 0.3) is 0 Å². The summed E-state index contributed by atoms with van der Waals surface area (Å²) in [7, 11) is 0. The van der Waals surface area contributed by atoms with Gasteiger partial charge in [0.25, 0.3) is 0 Å². The monoisotopic (exact) mass is 202 g/mol. The fourth-order valence-electron chi connectivity index (χ4n) is 1.06. The van der Waals surface area contributed by atoms with Crippen molar-refractivity contribution in [2.45, 2.75) is 33.2 Å². The van der Waals surface area contributed by atoms with E-state index in [1.807, 2.05) is 20.8 Å². The smallest absolute Gasteiger partial charge is 0.233 e. The van der Waals surface area contributed by atoms with E-state index >= 15 is 0 Å². The van der Waals surface area contributed by atoms with Crippen LogP contribution in [-0.4, -0.2) is 36.8 Å². The maximum Gasteiger partial charge on any atom is 0.233 e.